The molecule has 0 atom stereocenters. The van der Waals surface area contributed by atoms with Crippen molar-refractivity contribution in [2.75, 3.05) is 0 Å². The summed E-state index contributed by atoms with van der Waals surface area (Å²) in [6.45, 7) is 8.57. The number of rotatable bonds is 1. The molecular weight excluding hydrogens is 160 g/mol. The Balaban J connectivity index is 3.21. The lowest BCUT2D eigenvalue weighted by Gasteiger charge is -1.99. The molecule has 0 saturated carbocycles. The average Bonchev–Trinajstić information content (AvgIpc) is 2.21. The molecule has 0 aliphatic heterocycles. The predicted molar refractivity (Wildman–Crippen MR) is 51.3 cm³/mol. The zero-order chi connectivity index (χ0) is 9.68. The van der Waals surface area contributed by atoms with Crippen molar-refractivity contribution in [3.8, 4) is 6.07 Å². The minimum absolute atomic E-state index is 0.159. The highest BCUT2D eigenvalue weighted by atomic mass is 14.7. The van der Waals surface area contributed by atoms with E-state index in [0.29, 0.717) is 0 Å². The van der Waals surface area contributed by atoms with Crippen molar-refractivity contribution in [2.24, 2.45) is 0 Å². The summed E-state index contributed by atoms with van der Waals surface area (Å²) in [5.41, 5.74) is 1.82. The largest absolute Gasteiger partial charge is 0.265 e. The fourth-order valence-corrected chi connectivity index (χ4v) is 1.02. The monoisotopic (exact) mass is 168 g/mol. The van der Waals surface area contributed by atoms with Crippen LogP contribution in [0.3, 0.4) is 0 Å². The third kappa shape index (κ3) is 1.95. The van der Waals surface area contributed by atoms with E-state index in [1.807, 2.05) is 36.4 Å². The van der Waals surface area contributed by atoms with E-state index in [-0.39, 0.29) is 5.70 Å². The molecule has 0 N–H and O–H groups in total. The maximum atomic E-state index is 8.64. The normalized spacial score (nSPS) is 11.0. The molecule has 0 bridgehead atoms. The summed E-state index contributed by atoms with van der Waals surface area (Å²) < 4.78 is 0. The van der Waals surface area contributed by atoms with Gasteiger partial charge in [0.05, 0.1) is 12.6 Å². The molecule has 0 unspecified atom stereocenters. The van der Waals surface area contributed by atoms with Gasteiger partial charge in [-0.2, -0.15) is 0 Å². The smallest absolute Gasteiger partial charge is 0.226 e. The summed E-state index contributed by atoms with van der Waals surface area (Å²) in [7, 11) is 0. The Morgan fingerprint density at radius 1 is 1.38 bits per heavy atom. The fraction of sp³-hybridized carbons (Fsp3) is 0.0909. The van der Waals surface area contributed by atoms with E-state index in [1.165, 1.54) is 0 Å². The number of benzene rings is 1. The summed E-state index contributed by atoms with van der Waals surface area (Å²) in [6, 6.07) is 11.3. The molecule has 0 saturated heterocycles. The first-order valence-corrected chi connectivity index (χ1v) is 3.83. The van der Waals surface area contributed by atoms with Gasteiger partial charge in [-0.25, -0.2) is 10.1 Å². The molecule has 1 rings (SSSR count). The first-order valence-electron chi connectivity index (χ1n) is 3.83. The lowest BCUT2D eigenvalue weighted by Crippen LogP contribution is -1.81. The minimum atomic E-state index is 0.159. The maximum absolute atomic E-state index is 8.64. The van der Waals surface area contributed by atoms with Crippen molar-refractivity contribution in [1.29, 1.82) is 5.26 Å². The molecule has 62 valence electrons. The second kappa shape index (κ2) is 4.09. The third-order valence-electron chi connectivity index (χ3n) is 1.78. The van der Waals surface area contributed by atoms with E-state index in [4.69, 9.17) is 11.8 Å². The Labute approximate surface area is 77.6 Å². The van der Waals surface area contributed by atoms with Crippen LogP contribution in [0, 0.1) is 17.9 Å². The van der Waals surface area contributed by atoms with E-state index in [1.54, 1.807) is 6.92 Å². The number of nitriles is 1. The van der Waals surface area contributed by atoms with Crippen LogP contribution in [0.1, 0.15) is 12.5 Å². The molecule has 2 heteroatoms. The van der Waals surface area contributed by atoms with Gasteiger partial charge in [-0.15, -0.1) is 0 Å². The molecule has 1 aromatic carbocycles. The summed E-state index contributed by atoms with van der Waals surface area (Å²) in [5.74, 6) is 0. The third-order valence-corrected chi connectivity index (χ3v) is 1.78. The van der Waals surface area contributed by atoms with Crippen molar-refractivity contribution >= 4 is 5.57 Å². The number of nitrogens with zero attached hydrogens (tertiary/aromatic N) is 2. The molecule has 2 nitrogen and oxygen atoms in total. The summed E-state index contributed by atoms with van der Waals surface area (Å²) >= 11 is 0. The first kappa shape index (κ1) is 9.03. The number of hydrogen-bond acceptors (Lipinski definition) is 1. The number of hydrogen-bond donors (Lipinski definition) is 0. The second-order valence-electron chi connectivity index (χ2n) is 2.56. The van der Waals surface area contributed by atoms with Crippen LogP contribution in [0.25, 0.3) is 10.4 Å². The SMILES string of the molecule is [C-]#[N+]/C(C#N)=C(/C)c1ccccc1. The standard InChI is InChI=1S/C11H8N2/c1-9(11(8-12)13-2)10-6-4-3-5-7-10/h3-7H,1H3/b11-9-. The molecule has 0 radical (unpaired) electrons. The van der Waals surface area contributed by atoms with Crippen LogP contribution < -0.4 is 0 Å². The van der Waals surface area contributed by atoms with Gasteiger partial charge < -0.3 is 0 Å². The van der Waals surface area contributed by atoms with Gasteiger partial charge in [0.15, 0.2) is 0 Å². The lowest BCUT2D eigenvalue weighted by atomic mass is 10.1. The van der Waals surface area contributed by atoms with Crippen molar-refractivity contribution < 1.29 is 0 Å². The van der Waals surface area contributed by atoms with Crippen LogP contribution in [-0.2, 0) is 0 Å². The highest BCUT2D eigenvalue weighted by Gasteiger charge is 2.01. The Hall–Kier alpha value is -2.06. The molecule has 1 aromatic rings. The molecule has 0 fully saturated rings. The predicted octanol–water partition coefficient (Wildman–Crippen LogP) is 2.86. The number of allylic oxidation sites excluding steroid dienone is 2. The van der Waals surface area contributed by atoms with Crippen LogP contribution in [0.15, 0.2) is 36.0 Å². The van der Waals surface area contributed by atoms with Gasteiger partial charge in [-0.05, 0) is 18.1 Å². The van der Waals surface area contributed by atoms with Crippen LogP contribution >= 0.6 is 0 Å². The van der Waals surface area contributed by atoms with Crippen molar-refractivity contribution in [3.63, 3.8) is 0 Å². The molecule has 0 aliphatic carbocycles. The van der Waals surface area contributed by atoms with Crippen molar-refractivity contribution in [2.45, 2.75) is 6.92 Å². The Morgan fingerprint density at radius 2 is 2.00 bits per heavy atom. The topological polar surface area (TPSA) is 28.1 Å². The van der Waals surface area contributed by atoms with E-state index < -0.39 is 0 Å². The quantitative estimate of drug-likeness (QED) is 0.468. The summed E-state index contributed by atoms with van der Waals surface area (Å²) in [5, 5.41) is 8.64. The zero-order valence-electron chi connectivity index (χ0n) is 7.28. The summed E-state index contributed by atoms with van der Waals surface area (Å²) in [6.07, 6.45) is 0. The van der Waals surface area contributed by atoms with E-state index in [2.05, 4.69) is 4.85 Å². The molecule has 0 heterocycles. The van der Waals surface area contributed by atoms with Gasteiger partial charge in [-0.3, -0.25) is 0 Å². The van der Waals surface area contributed by atoms with Crippen LogP contribution in [-0.4, -0.2) is 0 Å². The maximum Gasteiger partial charge on any atom is 0.265 e. The molecule has 0 amide bonds. The Kier molecular flexibility index (Phi) is 2.84. The average molecular weight is 168 g/mol. The lowest BCUT2D eigenvalue weighted by molar-refractivity contribution is 1.47. The van der Waals surface area contributed by atoms with Gasteiger partial charge in [0.25, 0.3) is 5.70 Å². The molecule has 0 aromatic heterocycles. The van der Waals surface area contributed by atoms with Crippen molar-refractivity contribution in [3.05, 3.63) is 53.0 Å². The molecule has 0 aliphatic rings. The van der Waals surface area contributed by atoms with Crippen LogP contribution in [0.5, 0.6) is 0 Å². The second-order valence-corrected chi connectivity index (χ2v) is 2.56. The highest BCUT2D eigenvalue weighted by molar-refractivity contribution is 5.71. The van der Waals surface area contributed by atoms with Crippen LogP contribution in [0.4, 0.5) is 0 Å². The molecule has 0 spiro atoms. The van der Waals surface area contributed by atoms with Gasteiger partial charge in [0.2, 0.25) is 0 Å². The van der Waals surface area contributed by atoms with E-state index in [0.717, 1.165) is 11.1 Å². The van der Waals surface area contributed by atoms with Gasteiger partial charge in [-0.1, -0.05) is 30.3 Å². The fourth-order valence-electron chi connectivity index (χ4n) is 1.02. The van der Waals surface area contributed by atoms with Crippen molar-refractivity contribution in [1.82, 2.24) is 0 Å². The summed E-state index contributed by atoms with van der Waals surface area (Å²) in [4.78, 5) is 3.15. The first-order chi connectivity index (χ1) is 6.29. The van der Waals surface area contributed by atoms with Gasteiger partial charge in [0, 0.05) is 0 Å². The van der Waals surface area contributed by atoms with Gasteiger partial charge >= 0.3 is 0 Å². The highest BCUT2D eigenvalue weighted by Crippen LogP contribution is 2.17. The zero-order valence-corrected chi connectivity index (χ0v) is 7.28. The van der Waals surface area contributed by atoms with Crippen LogP contribution in [0.2, 0.25) is 0 Å². The molecular formula is C11H8N2. The Morgan fingerprint density at radius 3 is 2.46 bits per heavy atom. The van der Waals surface area contributed by atoms with E-state index in [9.17, 15) is 0 Å². The van der Waals surface area contributed by atoms with Gasteiger partial charge in [0.1, 0.15) is 0 Å². The minimum Gasteiger partial charge on any atom is -0.226 e. The Bertz CT molecular complexity index is 386. The van der Waals surface area contributed by atoms with E-state index >= 15 is 0 Å². The molecule has 13 heavy (non-hydrogen) atoms.